The van der Waals surface area contributed by atoms with Gasteiger partial charge < -0.3 is 15.2 Å². The number of carboxylic acid groups (broad SMARTS) is 1. The van der Waals surface area contributed by atoms with E-state index in [4.69, 9.17) is 4.74 Å². The van der Waals surface area contributed by atoms with Crippen LogP contribution in [0.4, 0.5) is 4.79 Å². The van der Waals surface area contributed by atoms with Gasteiger partial charge in [-0.1, -0.05) is 12.2 Å². The first-order valence-corrected chi connectivity index (χ1v) is 6.10. The summed E-state index contributed by atoms with van der Waals surface area (Å²) in [6.45, 7) is 9.06. The first-order chi connectivity index (χ1) is 8.20. The number of ether oxygens (including phenoxy) is 1. The van der Waals surface area contributed by atoms with Crippen LogP contribution >= 0.6 is 0 Å². The van der Waals surface area contributed by atoms with Gasteiger partial charge >= 0.3 is 12.1 Å². The topological polar surface area (TPSA) is 75.6 Å². The molecule has 1 saturated carbocycles. The van der Waals surface area contributed by atoms with Crippen LogP contribution in [0.25, 0.3) is 0 Å². The van der Waals surface area contributed by atoms with Gasteiger partial charge in [0.2, 0.25) is 0 Å². The molecular formula is C13H21NO4. The predicted molar refractivity (Wildman–Crippen MR) is 67.3 cm³/mol. The van der Waals surface area contributed by atoms with E-state index in [0.29, 0.717) is 0 Å². The fraction of sp³-hybridized carbons (Fsp3) is 0.692. The number of hydrogen-bond donors (Lipinski definition) is 2. The number of carbonyl (C=O) groups is 2. The normalized spacial score (nSPS) is 21.5. The van der Waals surface area contributed by atoms with Crippen molar-refractivity contribution in [2.24, 2.45) is 5.92 Å². The quantitative estimate of drug-likeness (QED) is 0.759. The van der Waals surface area contributed by atoms with Gasteiger partial charge in [-0.25, -0.2) is 9.59 Å². The van der Waals surface area contributed by atoms with Crippen molar-refractivity contribution in [2.75, 3.05) is 0 Å². The summed E-state index contributed by atoms with van der Waals surface area (Å²) in [6, 6.07) is -0.949. The van der Waals surface area contributed by atoms with Crippen molar-refractivity contribution in [2.45, 2.75) is 51.7 Å². The Bertz CT molecular complexity index is 356. The first kappa shape index (κ1) is 14.5. The summed E-state index contributed by atoms with van der Waals surface area (Å²) in [7, 11) is 0. The fourth-order valence-electron chi connectivity index (χ4n) is 2.11. The molecule has 1 rings (SSSR count). The predicted octanol–water partition coefficient (Wildman–Crippen LogP) is 2.32. The van der Waals surface area contributed by atoms with Crippen molar-refractivity contribution in [3.63, 3.8) is 0 Å². The lowest BCUT2D eigenvalue weighted by molar-refractivity contribution is -0.140. The Morgan fingerprint density at radius 1 is 1.50 bits per heavy atom. The van der Waals surface area contributed by atoms with Crippen molar-refractivity contribution < 1.29 is 19.4 Å². The minimum absolute atomic E-state index is 0.199. The minimum Gasteiger partial charge on any atom is -0.480 e. The van der Waals surface area contributed by atoms with E-state index in [9.17, 15) is 14.7 Å². The zero-order chi connectivity index (χ0) is 13.9. The third-order valence-electron chi connectivity index (χ3n) is 2.88. The van der Waals surface area contributed by atoms with Crippen LogP contribution in [0.5, 0.6) is 0 Å². The maximum Gasteiger partial charge on any atom is 0.408 e. The number of rotatable bonds is 3. The van der Waals surface area contributed by atoms with Gasteiger partial charge in [0.15, 0.2) is 0 Å². The number of carbonyl (C=O) groups excluding carboxylic acids is 1. The average Bonchev–Trinajstić information content (AvgIpc) is 2.57. The first-order valence-electron chi connectivity index (χ1n) is 6.10. The van der Waals surface area contributed by atoms with Crippen molar-refractivity contribution in [1.29, 1.82) is 0 Å². The Hall–Kier alpha value is -1.52. The monoisotopic (exact) mass is 255 g/mol. The summed E-state index contributed by atoms with van der Waals surface area (Å²) in [5.41, 5.74) is 0.248. The number of aliphatic carboxylic acids is 1. The molecule has 0 aromatic carbocycles. The van der Waals surface area contributed by atoms with Crippen molar-refractivity contribution >= 4 is 12.1 Å². The smallest absolute Gasteiger partial charge is 0.408 e. The zero-order valence-corrected chi connectivity index (χ0v) is 11.2. The van der Waals surface area contributed by atoms with E-state index in [2.05, 4.69) is 11.9 Å². The molecule has 0 aromatic heterocycles. The average molecular weight is 255 g/mol. The molecule has 2 unspecified atom stereocenters. The fourth-order valence-corrected chi connectivity index (χ4v) is 2.11. The maximum absolute atomic E-state index is 11.6. The van der Waals surface area contributed by atoms with Crippen LogP contribution in [0.1, 0.15) is 40.0 Å². The van der Waals surface area contributed by atoms with E-state index >= 15 is 0 Å². The van der Waals surface area contributed by atoms with Gasteiger partial charge in [0, 0.05) is 5.92 Å². The lowest BCUT2D eigenvalue weighted by Gasteiger charge is -2.25. The van der Waals surface area contributed by atoms with Crippen LogP contribution in [-0.4, -0.2) is 28.8 Å². The molecule has 0 aliphatic heterocycles. The molecule has 5 nitrogen and oxygen atoms in total. The van der Waals surface area contributed by atoms with Crippen molar-refractivity contribution in [3.8, 4) is 0 Å². The molecule has 1 amide bonds. The molecule has 1 fully saturated rings. The van der Waals surface area contributed by atoms with Gasteiger partial charge in [-0.3, -0.25) is 0 Å². The van der Waals surface area contributed by atoms with E-state index in [1.807, 2.05) is 0 Å². The third-order valence-corrected chi connectivity index (χ3v) is 2.88. The summed E-state index contributed by atoms with van der Waals surface area (Å²) in [5, 5.41) is 11.6. The van der Waals surface area contributed by atoms with Crippen LogP contribution < -0.4 is 5.32 Å². The van der Waals surface area contributed by atoms with Crippen LogP contribution in [0.15, 0.2) is 12.2 Å². The molecule has 0 bridgehead atoms. The summed E-state index contributed by atoms with van der Waals surface area (Å²) in [5.74, 6) is -1.25. The van der Waals surface area contributed by atoms with E-state index in [0.717, 1.165) is 24.8 Å². The van der Waals surface area contributed by atoms with Gasteiger partial charge in [0.05, 0.1) is 0 Å². The molecule has 1 aliphatic rings. The molecule has 0 radical (unpaired) electrons. The summed E-state index contributed by atoms with van der Waals surface area (Å²) < 4.78 is 5.07. The molecule has 0 saturated heterocycles. The molecule has 0 spiro atoms. The summed E-state index contributed by atoms with van der Waals surface area (Å²) >= 11 is 0. The Labute approximate surface area is 107 Å². The molecule has 1 aliphatic carbocycles. The number of carboxylic acids is 1. The van der Waals surface area contributed by atoms with Crippen LogP contribution in [0, 0.1) is 5.92 Å². The molecule has 5 heteroatoms. The Balaban J connectivity index is 2.67. The van der Waals surface area contributed by atoms with E-state index in [1.54, 1.807) is 20.8 Å². The van der Waals surface area contributed by atoms with Gasteiger partial charge in [-0.2, -0.15) is 0 Å². The number of hydrogen-bond acceptors (Lipinski definition) is 3. The van der Waals surface area contributed by atoms with E-state index in [-0.39, 0.29) is 5.92 Å². The Kier molecular flexibility index (Phi) is 4.38. The number of alkyl carbamates (subject to hydrolysis) is 1. The highest BCUT2D eigenvalue weighted by Crippen LogP contribution is 2.32. The lowest BCUT2D eigenvalue weighted by Crippen LogP contribution is -2.47. The molecule has 18 heavy (non-hydrogen) atoms. The standard InChI is InChI=1S/C13H21NO4/c1-8-6-5-7-9(8)10(11(15)16)14-12(17)18-13(2,3)4/h9-10H,1,5-7H2,2-4H3,(H,14,17)(H,15,16). The molecule has 2 N–H and O–H groups in total. The molecule has 0 heterocycles. The molecular weight excluding hydrogens is 234 g/mol. The maximum atomic E-state index is 11.6. The van der Waals surface area contributed by atoms with Gasteiger partial charge in [-0.05, 0) is 40.0 Å². The second kappa shape index (κ2) is 5.42. The minimum atomic E-state index is -1.05. The van der Waals surface area contributed by atoms with Gasteiger partial charge in [0.25, 0.3) is 0 Å². The summed E-state index contributed by atoms with van der Waals surface area (Å²) in [4.78, 5) is 22.8. The van der Waals surface area contributed by atoms with Crippen LogP contribution in [0.3, 0.4) is 0 Å². The second-order valence-corrected chi connectivity index (χ2v) is 5.62. The molecule has 0 aromatic rings. The molecule has 102 valence electrons. The second-order valence-electron chi connectivity index (χ2n) is 5.62. The Morgan fingerprint density at radius 3 is 2.50 bits per heavy atom. The SMILES string of the molecule is C=C1CCCC1C(NC(=O)OC(C)(C)C)C(=O)O. The summed E-state index contributed by atoms with van der Waals surface area (Å²) in [6.07, 6.45) is 1.79. The van der Waals surface area contributed by atoms with Crippen molar-refractivity contribution in [3.05, 3.63) is 12.2 Å². The number of amides is 1. The zero-order valence-electron chi connectivity index (χ0n) is 11.2. The largest absolute Gasteiger partial charge is 0.480 e. The molecule has 2 atom stereocenters. The van der Waals surface area contributed by atoms with E-state index in [1.165, 1.54) is 0 Å². The van der Waals surface area contributed by atoms with E-state index < -0.39 is 23.7 Å². The van der Waals surface area contributed by atoms with Crippen LogP contribution in [0.2, 0.25) is 0 Å². The highest BCUT2D eigenvalue weighted by molar-refractivity contribution is 5.80. The lowest BCUT2D eigenvalue weighted by atomic mass is 9.95. The van der Waals surface area contributed by atoms with Gasteiger partial charge in [-0.15, -0.1) is 0 Å². The highest BCUT2D eigenvalue weighted by Gasteiger charge is 2.35. The number of nitrogens with one attached hydrogen (secondary N) is 1. The third kappa shape index (κ3) is 4.05. The van der Waals surface area contributed by atoms with Gasteiger partial charge in [0.1, 0.15) is 11.6 Å². The Morgan fingerprint density at radius 2 is 2.11 bits per heavy atom. The highest BCUT2D eigenvalue weighted by atomic mass is 16.6. The van der Waals surface area contributed by atoms with Crippen molar-refractivity contribution in [1.82, 2.24) is 5.32 Å². The van der Waals surface area contributed by atoms with Crippen LogP contribution in [-0.2, 0) is 9.53 Å².